The Morgan fingerprint density at radius 1 is 1.18 bits per heavy atom. The normalized spacial score (nSPS) is 12.5. The van der Waals surface area contributed by atoms with Gasteiger partial charge in [0.1, 0.15) is 0 Å². The fourth-order valence-electron chi connectivity index (χ4n) is 1.53. The summed E-state index contributed by atoms with van der Waals surface area (Å²) in [6, 6.07) is 13.7. The van der Waals surface area contributed by atoms with Crippen molar-refractivity contribution in [1.29, 1.82) is 0 Å². The van der Waals surface area contributed by atoms with Crippen molar-refractivity contribution in [3.63, 3.8) is 0 Å². The molecule has 0 aromatic heterocycles. The maximum absolute atomic E-state index is 10.8. The van der Waals surface area contributed by atoms with E-state index in [4.69, 9.17) is 11.5 Å². The Kier molecular flexibility index (Phi) is 3.66. The van der Waals surface area contributed by atoms with Crippen LogP contribution in [-0.2, 0) is 4.79 Å². The number of fused-ring (bicyclic) bond motifs is 1. The average molecular weight is 246 g/mol. The third kappa shape index (κ3) is 2.99. The number of hydrogen-bond donors (Lipinski definition) is 2. The minimum absolute atomic E-state index is 0.460. The van der Waals surface area contributed by atoms with Gasteiger partial charge in [-0.05, 0) is 22.9 Å². The molecular weight excluding hydrogens is 232 g/mol. The van der Waals surface area contributed by atoms with Gasteiger partial charge in [0.25, 0.3) is 0 Å². The Morgan fingerprint density at radius 3 is 2.59 bits per heavy atom. The first-order valence-electron chi connectivity index (χ1n) is 5.33. The van der Waals surface area contributed by atoms with Crippen molar-refractivity contribution in [3.05, 3.63) is 42.5 Å². The number of primary amides is 1. The monoisotopic (exact) mass is 246 g/mol. The van der Waals surface area contributed by atoms with Crippen LogP contribution in [0.2, 0.25) is 0 Å². The highest BCUT2D eigenvalue weighted by molar-refractivity contribution is 7.99. The molecule has 0 aliphatic carbocycles. The minimum atomic E-state index is -0.591. The number of carbonyl (C=O) groups excluding carboxylic acids is 1. The van der Waals surface area contributed by atoms with Gasteiger partial charge >= 0.3 is 0 Å². The molecule has 1 unspecified atom stereocenters. The topological polar surface area (TPSA) is 69.1 Å². The van der Waals surface area contributed by atoms with E-state index in [-0.39, 0.29) is 0 Å². The van der Waals surface area contributed by atoms with E-state index < -0.39 is 11.9 Å². The number of rotatable bonds is 4. The molecule has 0 saturated carbocycles. The largest absolute Gasteiger partial charge is 0.368 e. The Balaban J connectivity index is 2.12. The molecule has 2 rings (SSSR count). The van der Waals surface area contributed by atoms with Crippen LogP contribution in [0.15, 0.2) is 47.4 Å². The summed E-state index contributed by atoms with van der Waals surface area (Å²) in [6.07, 6.45) is 0. The Labute approximate surface area is 104 Å². The molecule has 88 valence electrons. The van der Waals surface area contributed by atoms with Gasteiger partial charge in [0.05, 0.1) is 6.04 Å². The third-order valence-corrected chi connectivity index (χ3v) is 3.63. The molecule has 0 aliphatic heterocycles. The molecular formula is C13H14N2OS. The van der Waals surface area contributed by atoms with Crippen LogP contribution in [0.5, 0.6) is 0 Å². The van der Waals surface area contributed by atoms with Crippen molar-refractivity contribution in [2.45, 2.75) is 10.9 Å². The van der Waals surface area contributed by atoms with Gasteiger partial charge in [0, 0.05) is 10.6 Å². The standard InChI is InChI=1S/C13H14N2OS/c14-12(13(15)16)8-17-11-6-5-9-3-1-2-4-10(9)7-11/h1-7,12H,8,14H2,(H2,15,16). The van der Waals surface area contributed by atoms with Crippen LogP contribution in [0.1, 0.15) is 0 Å². The maximum atomic E-state index is 10.8. The second kappa shape index (κ2) is 5.21. The molecule has 1 atom stereocenters. The fraction of sp³-hybridized carbons (Fsp3) is 0.154. The molecule has 0 aliphatic rings. The first-order chi connectivity index (χ1) is 8.16. The van der Waals surface area contributed by atoms with Gasteiger partial charge in [-0.15, -0.1) is 11.8 Å². The van der Waals surface area contributed by atoms with Gasteiger partial charge in [-0.1, -0.05) is 30.3 Å². The number of hydrogen-bond acceptors (Lipinski definition) is 3. The second-order valence-electron chi connectivity index (χ2n) is 3.83. The highest BCUT2D eigenvalue weighted by Crippen LogP contribution is 2.23. The van der Waals surface area contributed by atoms with E-state index in [0.717, 1.165) is 4.90 Å². The summed E-state index contributed by atoms with van der Waals surface area (Å²) in [5.41, 5.74) is 10.7. The molecule has 4 heteroatoms. The van der Waals surface area contributed by atoms with Gasteiger partial charge < -0.3 is 11.5 Å². The van der Waals surface area contributed by atoms with Crippen LogP contribution in [0, 0.1) is 0 Å². The lowest BCUT2D eigenvalue weighted by Gasteiger charge is -2.07. The average Bonchev–Trinajstić information content (AvgIpc) is 2.35. The molecule has 17 heavy (non-hydrogen) atoms. The van der Waals surface area contributed by atoms with E-state index in [1.54, 1.807) is 11.8 Å². The van der Waals surface area contributed by atoms with Crippen molar-refractivity contribution < 1.29 is 4.79 Å². The van der Waals surface area contributed by atoms with Crippen molar-refractivity contribution in [2.75, 3.05) is 5.75 Å². The number of carbonyl (C=O) groups is 1. The third-order valence-electron chi connectivity index (χ3n) is 2.52. The van der Waals surface area contributed by atoms with Gasteiger partial charge in [-0.25, -0.2) is 0 Å². The molecule has 0 radical (unpaired) electrons. The van der Waals surface area contributed by atoms with Gasteiger partial charge in [-0.3, -0.25) is 4.79 Å². The van der Waals surface area contributed by atoms with Crippen LogP contribution in [0.4, 0.5) is 0 Å². The van der Waals surface area contributed by atoms with Crippen molar-refractivity contribution in [1.82, 2.24) is 0 Å². The smallest absolute Gasteiger partial charge is 0.235 e. The predicted octanol–water partition coefficient (Wildman–Crippen LogP) is 1.74. The molecule has 0 fully saturated rings. The zero-order chi connectivity index (χ0) is 12.3. The van der Waals surface area contributed by atoms with Gasteiger partial charge in [0.15, 0.2) is 0 Å². The molecule has 3 nitrogen and oxygen atoms in total. The lowest BCUT2D eigenvalue weighted by Crippen LogP contribution is -2.38. The van der Waals surface area contributed by atoms with Crippen molar-refractivity contribution in [3.8, 4) is 0 Å². The van der Waals surface area contributed by atoms with Crippen molar-refractivity contribution in [2.24, 2.45) is 11.5 Å². The summed E-state index contributed by atoms with van der Waals surface area (Å²) in [4.78, 5) is 11.9. The zero-order valence-corrected chi connectivity index (χ0v) is 10.1. The van der Waals surface area contributed by atoms with E-state index in [9.17, 15) is 4.79 Å². The zero-order valence-electron chi connectivity index (χ0n) is 9.30. The molecule has 4 N–H and O–H groups in total. The number of nitrogens with two attached hydrogens (primary N) is 2. The quantitative estimate of drug-likeness (QED) is 0.807. The number of amides is 1. The van der Waals surface area contributed by atoms with Gasteiger partial charge in [0.2, 0.25) is 5.91 Å². The Hall–Kier alpha value is -1.52. The van der Waals surface area contributed by atoms with E-state index in [2.05, 4.69) is 24.3 Å². The summed E-state index contributed by atoms with van der Waals surface area (Å²) in [7, 11) is 0. The first-order valence-corrected chi connectivity index (χ1v) is 6.32. The fourth-order valence-corrected chi connectivity index (χ4v) is 2.44. The first kappa shape index (κ1) is 12.0. The Morgan fingerprint density at radius 2 is 1.88 bits per heavy atom. The van der Waals surface area contributed by atoms with Crippen LogP contribution >= 0.6 is 11.8 Å². The number of thioether (sulfide) groups is 1. The SMILES string of the molecule is NC(=O)C(N)CSc1ccc2ccccc2c1. The van der Waals surface area contributed by atoms with Crippen LogP contribution in [-0.4, -0.2) is 17.7 Å². The van der Waals surface area contributed by atoms with E-state index in [0.29, 0.717) is 5.75 Å². The molecule has 2 aromatic carbocycles. The second-order valence-corrected chi connectivity index (χ2v) is 4.92. The summed E-state index contributed by atoms with van der Waals surface area (Å²) in [5.74, 6) is 0.0477. The summed E-state index contributed by atoms with van der Waals surface area (Å²) in [5, 5.41) is 2.39. The lowest BCUT2D eigenvalue weighted by atomic mass is 10.1. The van der Waals surface area contributed by atoms with Crippen LogP contribution in [0.3, 0.4) is 0 Å². The highest BCUT2D eigenvalue weighted by Gasteiger charge is 2.09. The molecule has 1 amide bonds. The molecule has 0 bridgehead atoms. The molecule has 0 heterocycles. The summed E-state index contributed by atoms with van der Waals surface area (Å²) in [6.45, 7) is 0. The van der Waals surface area contributed by atoms with E-state index in [1.165, 1.54) is 10.8 Å². The Bertz CT molecular complexity index is 542. The van der Waals surface area contributed by atoms with Crippen molar-refractivity contribution >= 4 is 28.4 Å². The minimum Gasteiger partial charge on any atom is -0.368 e. The number of benzene rings is 2. The van der Waals surface area contributed by atoms with Crippen LogP contribution in [0.25, 0.3) is 10.8 Å². The van der Waals surface area contributed by atoms with Gasteiger partial charge in [-0.2, -0.15) is 0 Å². The summed E-state index contributed by atoms with van der Waals surface area (Å²) >= 11 is 1.55. The molecule has 2 aromatic rings. The molecule has 0 saturated heterocycles. The molecule has 0 spiro atoms. The highest BCUT2D eigenvalue weighted by atomic mass is 32.2. The lowest BCUT2D eigenvalue weighted by molar-refractivity contribution is -0.118. The van der Waals surface area contributed by atoms with E-state index >= 15 is 0 Å². The van der Waals surface area contributed by atoms with Crippen LogP contribution < -0.4 is 11.5 Å². The summed E-state index contributed by atoms with van der Waals surface area (Å²) < 4.78 is 0. The van der Waals surface area contributed by atoms with E-state index in [1.807, 2.05) is 18.2 Å². The predicted molar refractivity (Wildman–Crippen MR) is 71.8 cm³/mol. The maximum Gasteiger partial charge on any atom is 0.235 e.